The van der Waals surface area contributed by atoms with Crippen molar-refractivity contribution in [1.82, 2.24) is 20.9 Å². The van der Waals surface area contributed by atoms with E-state index in [9.17, 15) is 33.6 Å². The fourth-order valence-corrected chi connectivity index (χ4v) is 3.09. The summed E-state index contributed by atoms with van der Waals surface area (Å²) < 4.78 is 5.10. The first-order chi connectivity index (χ1) is 17.0. The van der Waals surface area contributed by atoms with E-state index >= 15 is 0 Å². The lowest BCUT2D eigenvalue weighted by atomic mass is 10.1. The molecule has 0 radical (unpaired) electrons. The highest BCUT2D eigenvalue weighted by atomic mass is 16.5. The topological polar surface area (TPSA) is 168 Å². The smallest absolute Gasteiger partial charge is 0.305 e. The van der Waals surface area contributed by atoms with Crippen molar-refractivity contribution in [2.75, 3.05) is 26.2 Å². The number of nitrogens with zero attached hydrogens (tertiary/aromatic N) is 1. The lowest BCUT2D eigenvalue weighted by Gasteiger charge is -2.18. The summed E-state index contributed by atoms with van der Waals surface area (Å²) in [6.07, 6.45) is 3.99. The van der Waals surface area contributed by atoms with Crippen LogP contribution in [-0.4, -0.2) is 78.5 Å². The van der Waals surface area contributed by atoms with Gasteiger partial charge in [0.15, 0.2) is 0 Å². The van der Waals surface area contributed by atoms with Gasteiger partial charge in [-0.1, -0.05) is 20.3 Å². The largest absolute Gasteiger partial charge is 0.465 e. The van der Waals surface area contributed by atoms with Gasteiger partial charge in [0.2, 0.25) is 17.7 Å². The Bertz CT molecular complexity index is 850. The zero-order chi connectivity index (χ0) is 27.1. The number of esters is 1. The van der Waals surface area contributed by atoms with Crippen LogP contribution in [-0.2, 0) is 38.3 Å². The molecule has 0 saturated heterocycles. The molecule has 0 unspecified atom stereocenters. The zero-order valence-electron chi connectivity index (χ0n) is 21.1. The lowest BCUT2D eigenvalue weighted by Crippen LogP contribution is -2.49. The van der Waals surface area contributed by atoms with Crippen LogP contribution in [0.1, 0.15) is 59.3 Å². The van der Waals surface area contributed by atoms with Gasteiger partial charge in [0.05, 0.1) is 19.7 Å². The maximum Gasteiger partial charge on any atom is 0.305 e. The van der Waals surface area contributed by atoms with E-state index < -0.39 is 29.7 Å². The Kier molecular flexibility index (Phi) is 13.7. The number of carbonyl (C=O) groups is 7. The van der Waals surface area contributed by atoms with E-state index in [0.717, 1.165) is 4.90 Å². The number of imide groups is 1. The Morgan fingerprint density at radius 1 is 0.889 bits per heavy atom. The number of hydrogen-bond acceptors (Lipinski definition) is 8. The number of amides is 5. The minimum Gasteiger partial charge on any atom is -0.465 e. The SMILES string of the molecule is CC(=O)CNC(=O)CNC(=O)[C@H](CCC(=O)OCC(C)C)NC(=O)CCCCCN1C(=O)C=CC1=O. The molecule has 12 nitrogen and oxygen atoms in total. The molecule has 12 heteroatoms. The molecular formula is C24H36N4O8. The Morgan fingerprint density at radius 2 is 1.56 bits per heavy atom. The maximum atomic E-state index is 12.6. The molecule has 200 valence electrons. The Labute approximate surface area is 210 Å². The first-order valence-electron chi connectivity index (χ1n) is 12.0. The molecule has 5 amide bonds. The molecule has 36 heavy (non-hydrogen) atoms. The summed E-state index contributed by atoms with van der Waals surface area (Å²) >= 11 is 0. The summed E-state index contributed by atoms with van der Waals surface area (Å²) in [6.45, 7) is 5.04. The van der Waals surface area contributed by atoms with Gasteiger partial charge in [-0.15, -0.1) is 0 Å². The van der Waals surface area contributed by atoms with Crippen LogP contribution in [0.4, 0.5) is 0 Å². The van der Waals surface area contributed by atoms with Crippen molar-refractivity contribution in [3.05, 3.63) is 12.2 Å². The fourth-order valence-electron chi connectivity index (χ4n) is 3.09. The molecule has 1 heterocycles. The van der Waals surface area contributed by atoms with Gasteiger partial charge in [0.25, 0.3) is 11.8 Å². The minimum atomic E-state index is -1.06. The van der Waals surface area contributed by atoms with E-state index in [4.69, 9.17) is 4.74 Å². The predicted molar refractivity (Wildman–Crippen MR) is 128 cm³/mol. The summed E-state index contributed by atoms with van der Waals surface area (Å²) in [5.74, 6) is -2.92. The van der Waals surface area contributed by atoms with Gasteiger partial charge >= 0.3 is 5.97 Å². The van der Waals surface area contributed by atoms with Crippen LogP contribution in [0.3, 0.4) is 0 Å². The molecule has 0 aliphatic carbocycles. The van der Waals surface area contributed by atoms with Crippen molar-refractivity contribution in [1.29, 1.82) is 0 Å². The molecule has 0 saturated carbocycles. The first kappa shape index (κ1) is 30.5. The standard InChI is InChI=1S/C24H36N4O8/c1-16(2)15-36-23(34)11-8-18(24(35)26-14-20(31)25-13-17(3)29)27-19(30)7-5-4-6-12-28-21(32)9-10-22(28)33/h9-10,16,18H,4-8,11-15H2,1-3H3,(H,25,31)(H,26,35)(H,27,30)/t18-/m0/s1. The molecule has 1 rings (SSSR count). The zero-order valence-corrected chi connectivity index (χ0v) is 21.1. The molecule has 1 atom stereocenters. The van der Waals surface area contributed by atoms with E-state index in [1.807, 2.05) is 13.8 Å². The second kappa shape index (κ2) is 16.2. The molecule has 0 fully saturated rings. The van der Waals surface area contributed by atoms with Gasteiger partial charge in [-0.2, -0.15) is 0 Å². The van der Waals surface area contributed by atoms with E-state index in [1.54, 1.807) is 0 Å². The molecule has 0 spiro atoms. The van der Waals surface area contributed by atoms with Crippen molar-refractivity contribution in [2.24, 2.45) is 5.92 Å². The molecule has 1 aliphatic rings. The van der Waals surface area contributed by atoms with Crippen molar-refractivity contribution in [3.63, 3.8) is 0 Å². The van der Waals surface area contributed by atoms with Gasteiger partial charge in [-0.3, -0.25) is 38.5 Å². The first-order valence-corrected chi connectivity index (χ1v) is 12.0. The second-order valence-corrected chi connectivity index (χ2v) is 8.90. The highest BCUT2D eigenvalue weighted by molar-refractivity contribution is 6.12. The number of hydrogen-bond donors (Lipinski definition) is 3. The predicted octanol–water partition coefficient (Wildman–Crippen LogP) is -0.243. The minimum absolute atomic E-state index is 0.0181. The van der Waals surface area contributed by atoms with Crippen molar-refractivity contribution in [2.45, 2.75) is 65.3 Å². The number of carbonyl (C=O) groups excluding carboxylic acids is 7. The van der Waals surface area contributed by atoms with Crippen LogP contribution < -0.4 is 16.0 Å². The summed E-state index contributed by atoms with van der Waals surface area (Å²) in [5, 5.41) is 7.33. The van der Waals surface area contributed by atoms with E-state index in [2.05, 4.69) is 16.0 Å². The average Bonchev–Trinajstić information content (AvgIpc) is 3.14. The van der Waals surface area contributed by atoms with Gasteiger partial charge in [-0.25, -0.2) is 0 Å². The Balaban J connectivity index is 2.50. The summed E-state index contributed by atoms with van der Waals surface area (Å²) in [7, 11) is 0. The van der Waals surface area contributed by atoms with Gasteiger partial charge in [0.1, 0.15) is 11.8 Å². The Hall–Kier alpha value is -3.57. The third kappa shape index (κ3) is 12.8. The lowest BCUT2D eigenvalue weighted by molar-refractivity contribution is -0.145. The normalized spacial score (nSPS) is 13.5. The number of ketones is 1. The highest BCUT2D eigenvalue weighted by Gasteiger charge is 2.24. The molecule has 1 aliphatic heterocycles. The summed E-state index contributed by atoms with van der Waals surface area (Å²) in [4.78, 5) is 83.9. The Morgan fingerprint density at radius 3 is 2.17 bits per heavy atom. The van der Waals surface area contributed by atoms with E-state index in [-0.39, 0.29) is 69.0 Å². The molecule has 0 aromatic heterocycles. The van der Waals surface area contributed by atoms with Crippen molar-refractivity contribution < 1.29 is 38.3 Å². The highest BCUT2D eigenvalue weighted by Crippen LogP contribution is 2.08. The van der Waals surface area contributed by atoms with Crippen molar-refractivity contribution in [3.8, 4) is 0 Å². The molecule has 0 aromatic rings. The van der Waals surface area contributed by atoms with Gasteiger partial charge in [0, 0.05) is 31.5 Å². The molecule has 3 N–H and O–H groups in total. The third-order valence-corrected chi connectivity index (χ3v) is 5.01. The van der Waals surface area contributed by atoms with Crippen LogP contribution in [0.15, 0.2) is 12.2 Å². The van der Waals surface area contributed by atoms with E-state index in [0.29, 0.717) is 19.3 Å². The third-order valence-electron chi connectivity index (χ3n) is 5.01. The van der Waals surface area contributed by atoms with Crippen LogP contribution >= 0.6 is 0 Å². The van der Waals surface area contributed by atoms with Crippen LogP contribution in [0.25, 0.3) is 0 Å². The fraction of sp³-hybridized carbons (Fsp3) is 0.625. The van der Waals surface area contributed by atoms with Crippen LogP contribution in [0.2, 0.25) is 0 Å². The quantitative estimate of drug-likeness (QED) is 0.137. The number of Topliss-reactive ketones (excluding diaryl/α,β-unsaturated/α-hetero) is 1. The summed E-state index contributed by atoms with van der Waals surface area (Å²) in [6, 6.07) is -1.06. The number of rotatable bonds is 17. The van der Waals surface area contributed by atoms with Gasteiger partial charge in [-0.05, 0) is 32.1 Å². The number of nitrogens with one attached hydrogen (secondary N) is 3. The molecule has 0 aromatic carbocycles. The van der Waals surface area contributed by atoms with Crippen molar-refractivity contribution >= 4 is 41.3 Å². The second-order valence-electron chi connectivity index (χ2n) is 8.90. The average molecular weight is 509 g/mol. The van der Waals surface area contributed by atoms with Gasteiger partial charge < -0.3 is 20.7 Å². The molecular weight excluding hydrogens is 472 g/mol. The van der Waals surface area contributed by atoms with Crippen LogP contribution in [0, 0.1) is 5.92 Å². The number of ether oxygens (including phenoxy) is 1. The summed E-state index contributed by atoms with van der Waals surface area (Å²) in [5.41, 5.74) is 0. The number of unbranched alkanes of at least 4 members (excludes halogenated alkanes) is 2. The maximum absolute atomic E-state index is 12.6. The van der Waals surface area contributed by atoms with E-state index in [1.165, 1.54) is 19.1 Å². The monoisotopic (exact) mass is 508 g/mol. The van der Waals surface area contributed by atoms with Crippen LogP contribution in [0.5, 0.6) is 0 Å². The molecule has 0 bridgehead atoms.